The Bertz CT molecular complexity index is 518. The minimum Gasteiger partial charge on any atom is -0.496 e. The number of carbonyl (C=O) groups excluding carboxylic acids is 1. The summed E-state index contributed by atoms with van der Waals surface area (Å²) in [6.45, 7) is 0.334. The van der Waals surface area contributed by atoms with Crippen molar-refractivity contribution in [3.05, 3.63) is 29.8 Å². The van der Waals surface area contributed by atoms with E-state index >= 15 is 0 Å². The van der Waals surface area contributed by atoms with Crippen LogP contribution in [0.4, 0.5) is 4.79 Å². The second-order valence-corrected chi connectivity index (χ2v) is 5.12. The van der Waals surface area contributed by atoms with Crippen LogP contribution in [0, 0.1) is 5.92 Å². The maximum absolute atomic E-state index is 11.9. The number of aliphatic carboxylic acids is 1. The van der Waals surface area contributed by atoms with E-state index in [1.165, 1.54) is 0 Å². The molecule has 1 aromatic carbocycles. The normalized spacial score (nSPS) is 20.8. The van der Waals surface area contributed by atoms with Gasteiger partial charge in [0, 0.05) is 18.2 Å². The van der Waals surface area contributed by atoms with Gasteiger partial charge < -0.3 is 20.5 Å². The highest BCUT2D eigenvalue weighted by molar-refractivity contribution is 5.77. The van der Waals surface area contributed by atoms with Crippen LogP contribution in [-0.2, 0) is 11.3 Å². The Labute approximate surface area is 123 Å². The van der Waals surface area contributed by atoms with E-state index < -0.39 is 11.9 Å². The number of urea groups is 1. The molecule has 1 fully saturated rings. The zero-order chi connectivity index (χ0) is 15.2. The van der Waals surface area contributed by atoms with Crippen LogP contribution >= 0.6 is 0 Å². The van der Waals surface area contributed by atoms with E-state index in [1.807, 2.05) is 24.3 Å². The molecule has 21 heavy (non-hydrogen) atoms. The van der Waals surface area contributed by atoms with Crippen molar-refractivity contribution in [1.29, 1.82) is 0 Å². The molecule has 0 aliphatic heterocycles. The smallest absolute Gasteiger partial charge is 0.315 e. The maximum atomic E-state index is 11.9. The third kappa shape index (κ3) is 3.87. The van der Waals surface area contributed by atoms with E-state index in [0.717, 1.165) is 12.0 Å². The lowest BCUT2D eigenvalue weighted by Gasteiger charge is -2.18. The van der Waals surface area contributed by atoms with Crippen LogP contribution in [0.3, 0.4) is 0 Å². The fourth-order valence-electron chi connectivity index (χ4n) is 2.67. The average Bonchev–Trinajstić information content (AvgIpc) is 2.93. The van der Waals surface area contributed by atoms with Crippen LogP contribution in [0.15, 0.2) is 24.3 Å². The van der Waals surface area contributed by atoms with Gasteiger partial charge >= 0.3 is 12.0 Å². The Morgan fingerprint density at radius 1 is 1.33 bits per heavy atom. The lowest BCUT2D eigenvalue weighted by atomic mass is 10.0. The Morgan fingerprint density at radius 2 is 2.10 bits per heavy atom. The van der Waals surface area contributed by atoms with Crippen molar-refractivity contribution in [3.8, 4) is 5.75 Å². The molecule has 3 N–H and O–H groups in total. The van der Waals surface area contributed by atoms with Gasteiger partial charge in [0.2, 0.25) is 0 Å². The Morgan fingerprint density at radius 3 is 2.81 bits per heavy atom. The maximum Gasteiger partial charge on any atom is 0.315 e. The number of hydrogen-bond acceptors (Lipinski definition) is 3. The Balaban J connectivity index is 1.86. The van der Waals surface area contributed by atoms with Crippen LogP contribution in [0.25, 0.3) is 0 Å². The number of amides is 2. The number of carbonyl (C=O) groups is 2. The van der Waals surface area contributed by atoms with Gasteiger partial charge in [-0.25, -0.2) is 4.79 Å². The summed E-state index contributed by atoms with van der Waals surface area (Å²) in [5.41, 5.74) is 0.872. The summed E-state index contributed by atoms with van der Waals surface area (Å²) in [6, 6.07) is 6.79. The molecular weight excluding hydrogens is 272 g/mol. The lowest BCUT2D eigenvalue weighted by molar-refractivity contribution is -0.142. The first-order valence-electron chi connectivity index (χ1n) is 7.01. The fourth-order valence-corrected chi connectivity index (χ4v) is 2.67. The molecule has 1 aliphatic rings. The van der Waals surface area contributed by atoms with Crippen LogP contribution < -0.4 is 15.4 Å². The molecule has 6 heteroatoms. The summed E-state index contributed by atoms with van der Waals surface area (Å²) in [5.74, 6) is -0.619. The monoisotopic (exact) mass is 292 g/mol. The van der Waals surface area contributed by atoms with Crippen molar-refractivity contribution in [1.82, 2.24) is 10.6 Å². The number of nitrogens with one attached hydrogen (secondary N) is 2. The number of ether oxygens (including phenoxy) is 1. The molecule has 6 nitrogen and oxygen atoms in total. The highest BCUT2D eigenvalue weighted by Crippen LogP contribution is 2.25. The molecule has 0 bridgehead atoms. The van der Waals surface area contributed by atoms with Crippen molar-refractivity contribution in [2.75, 3.05) is 7.11 Å². The van der Waals surface area contributed by atoms with Gasteiger partial charge in [-0.15, -0.1) is 0 Å². The van der Waals surface area contributed by atoms with Crippen LogP contribution in [0.5, 0.6) is 5.75 Å². The summed E-state index contributed by atoms with van der Waals surface area (Å²) < 4.78 is 5.21. The number of carboxylic acid groups (broad SMARTS) is 1. The van der Waals surface area contributed by atoms with E-state index in [2.05, 4.69) is 10.6 Å². The summed E-state index contributed by atoms with van der Waals surface area (Å²) in [5, 5.41) is 14.6. The molecule has 0 saturated heterocycles. The fraction of sp³-hybridized carbons (Fsp3) is 0.467. The Hall–Kier alpha value is -2.24. The average molecular weight is 292 g/mol. The molecule has 1 saturated carbocycles. The van der Waals surface area contributed by atoms with E-state index in [0.29, 0.717) is 25.1 Å². The van der Waals surface area contributed by atoms with E-state index in [1.54, 1.807) is 7.11 Å². The number of benzene rings is 1. The van der Waals surface area contributed by atoms with Gasteiger partial charge in [0.25, 0.3) is 0 Å². The van der Waals surface area contributed by atoms with Crippen molar-refractivity contribution in [2.45, 2.75) is 31.8 Å². The minimum atomic E-state index is -0.845. The third-order valence-electron chi connectivity index (χ3n) is 3.78. The summed E-state index contributed by atoms with van der Waals surface area (Å²) in [6.07, 6.45) is 2.15. The van der Waals surface area contributed by atoms with Crippen LogP contribution in [0.2, 0.25) is 0 Å². The molecule has 2 unspecified atom stereocenters. The summed E-state index contributed by atoms with van der Waals surface area (Å²) >= 11 is 0. The molecular formula is C15H20N2O4. The predicted octanol–water partition coefficient (Wildman–Crippen LogP) is 1.75. The number of carboxylic acids is 1. The standard InChI is InChI=1S/C15H20N2O4/c1-21-13-8-3-2-5-10(13)9-16-15(20)17-12-7-4-6-11(12)14(18)19/h2-3,5,8,11-12H,4,6-7,9H2,1H3,(H,18,19)(H2,16,17,20). The molecule has 2 amide bonds. The first-order valence-corrected chi connectivity index (χ1v) is 7.01. The molecule has 114 valence electrons. The first-order chi connectivity index (χ1) is 10.1. The summed E-state index contributed by atoms with van der Waals surface area (Å²) in [4.78, 5) is 23.0. The van der Waals surface area contributed by atoms with E-state index in [4.69, 9.17) is 9.84 Å². The van der Waals surface area contributed by atoms with Gasteiger partial charge in [0.15, 0.2) is 0 Å². The lowest BCUT2D eigenvalue weighted by Crippen LogP contribution is -2.45. The van der Waals surface area contributed by atoms with Crippen molar-refractivity contribution >= 4 is 12.0 Å². The van der Waals surface area contributed by atoms with E-state index in [9.17, 15) is 9.59 Å². The predicted molar refractivity (Wildman–Crippen MR) is 77.1 cm³/mol. The highest BCUT2D eigenvalue weighted by atomic mass is 16.5. The molecule has 0 radical (unpaired) electrons. The third-order valence-corrected chi connectivity index (χ3v) is 3.78. The molecule has 0 heterocycles. The van der Waals surface area contributed by atoms with Gasteiger partial charge in [-0.3, -0.25) is 4.79 Å². The summed E-state index contributed by atoms with van der Waals surface area (Å²) in [7, 11) is 1.58. The molecule has 1 aromatic rings. The van der Waals surface area contributed by atoms with Gasteiger partial charge in [-0.05, 0) is 18.9 Å². The quantitative estimate of drug-likeness (QED) is 0.771. The molecule has 2 atom stereocenters. The number of para-hydroxylation sites is 1. The molecule has 1 aliphatic carbocycles. The number of hydrogen-bond donors (Lipinski definition) is 3. The van der Waals surface area contributed by atoms with E-state index in [-0.39, 0.29) is 12.1 Å². The van der Waals surface area contributed by atoms with Crippen LogP contribution in [0.1, 0.15) is 24.8 Å². The molecule has 2 rings (SSSR count). The Kier molecular flexibility index (Phi) is 5.03. The number of methoxy groups -OCH3 is 1. The second kappa shape index (κ2) is 6.97. The van der Waals surface area contributed by atoms with Crippen molar-refractivity contribution < 1.29 is 19.4 Å². The van der Waals surface area contributed by atoms with Crippen LogP contribution in [-0.4, -0.2) is 30.3 Å². The van der Waals surface area contributed by atoms with Gasteiger partial charge in [0.05, 0.1) is 13.0 Å². The number of rotatable bonds is 5. The van der Waals surface area contributed by atoms with Gasteiger partial charge in [0.1, 0.15) is 5.75 Å². The molecule has 0 spiro atoms. The molecule has 0 aromatic heterocycles. The zero-order valence-electron chi connectivity index (χ0n) is 12.0. The second-order valence-electron chi connectivity index (χ2n) is 5.12. The van der Waals surface area contributed by atoms with Crippen molar-refractivity contribution in [3.63, 3.8) is 0 Å². The largest absolute Gasteiger partial charge is 0.496 e. The SMILES string of the molecule is COc1ccccc1CNC(=O)NC1CCCC1C(=O)O. The van der Waals surface area contributed by atoms with Gasteiger partial charge in [-0.2, -0.15) is 0 Å². The van der Waals surface area contributed by atoms with Crippen molar-refractivity contribution in [2.24, 2.45) is 5.92 Å². The minimum absolute atomic E-state index is 0.292. The van der Waals surface area contributed by atoms with Gasteiger partial charge in [-0.1, -0.05) is 24.6 Å². The topological polar surface area (TPSA) is 87.7 Å². The first kappa shape index (κ1) is 15.2. The zero-order valence-corrected chi connectivity index (χ0v) is 12.0. The highest BCUT2D eigenvalue weighted by Gasteiger charge is 2.33.